The van der Waals surface area contributed by atoms with Crippen LogP contribution in [-0.4, -0.2) is 43.8 Å². The Morgan fingerprint density at radius 2 is 2.14 bits per heavy atom. The fourth-order valence-electron chi connectivity index (χ4n) is 1.67. The van der Waals surface area contributed by atoms with Crippen LogP contribution in [0.3, 0.4) is 0 Å². The lowest BCUT2D eigenvalue weighted by Crippen LogP contribution is -2.37. The van der Waals surface area contributed by atoms with Crippen LogP contribution in [0.4, 0.5) is 0 Å². The molecule has 0 aromatic carbocycles. The van der Waals surface area contributed by atoms with Gasteiger partial charge in [-0.2, -0.15) is 0 Å². The Morgan fingerprint density at radius 3 is 2.57 bits per heavy atom. The first-order valence-electron chi connectivity index (χ1n) is 4.92. The molecule has 0 saturated carbocycles. The molecule has 82 valence electrons. The third-order valence-corrected chi connectivity index (χ3v) is 4.36. The van der Waals surface area contributed by atoms with Gasteiger partial charge in [-0.05, 0) is 12.8 Å². The van der Waals surface area contributed by atoms with Gasteiger partial charge in [-0.25, -0.2) is 8.42 Å². The molecular weight excluding hydrogens is 202 g/mol. The van der Waals surface area contributed by atoms with Crippen molar-refractivity contribution < 1.29 is 13.2 Å². The van der Waals surface area contributed by atoms with Gasteiger partial charge in [0, 0.05) is 19.5 Å². The molecule has 5 heteroatoms. The fraction of sp³-hybridized carbons (Fsp3) is 0.889. The predicted octanol–water partition coefficient (Wildman–Crippen LogP) is 0.432. The van der Waals surface area contributed by atoms with Crippen molar-refractivity contribution in [2.45, 2.75) is 32.2 Å². The molecule has 14 heavy (non-hydrogen) atoms. The summed E-state index contributed by atoms with van der Waals surface area (Å²) in [6.07, 6.45) is 1.91. The molecule has 1 fully saturated rings. The molecule has 0 spiro atoms. The summed E-state index contributed by atoms with van der Waals surface area (Å²) in [4.78, 5) is 13.1. The van der Waals surface area contributed by atoms with E-state index in [1.807, 2.05) is 6.92 Å². The van der Waals surface area contributed by atoms with Crippen molar-refractivity contribution in [3.63, 3.8) is 0 Å². The van der Waals surface area contributed by atoms with Gasteiger partial charge in [0.25, 0.3) is 0 Å². The zero-order chi connectivity index (χ0) is 10.8. The molecule has 0 unspecified atom stereocenters. The number of carbonyl (C=O) groups is 1. The largest absolute Gasteiger partial charge is 0.342 e. The van der Waals surface area contributed by atoms with Crippen LogP contribution in [-0.2, 0) is 14.6 Å². The van der Waals surface area contributed by atoms with Gasteiger partial charge in [0.1, 0.15) is 0 Å². The summed E-state index contributed by atoms with van der Waals surface area (Å²) in [7, 11) is -1.18. The van der Waals surface area contributed by atoms with Crippen molar-refractivity contribution in [3.05, 3.63) is 0 Å². The Bertz CT molecular complexity index is 310. The highest BCUT2D eigenvalue weighted by atomic mass is 32.2. The maximum absolute atomic E-state index is 11.5. The van der Waals surface area contributed by atoms with Gasteiger partial charge in [-0.1, -0.05) is 6.92 Å². The minimum Gasteiger partial charge on any atom is -0.342 e. The van der Waals surface area contributed by atoms with Crippen LogP contribution in [0.1, 0.15) is 26.2 Å². The molecule has 1 atom stereocenters. The van der Waals surface area contributed by atoms with Crippen LogP contribution < -0.4 is 0 Å². The molecule has 0 radical (unpaired) electrons. The van der Waals surface area contributed by atoms with Crippen molar-refractivity contribution in [2.24, 2.45) is 0 Å². The molecule has 0 aromatic heterocycles. The Labute approximate surface area is 85.2 Å². The zero-order valence-electron chi connectivity index (χ0n) is 8.69. The minimum absolute atomic E-state index is 0.0506. The summed E-state index contributed by atoms with van der Waals surface area (Å²) in [6, 6.07) is -0.0981. The van der Waals surface area contributed by atoms with Crippen molar-refractivity contribution in [2.75, 3.05) is 18.6 Å². The summed E-state index contributed by atoms with van der Waals surface area (Å²) in [5.41, 5.74) is 0. The van der Waals surface area contributed by atoms with E-state index in [1.54, 1.807) is 11.9 Å². The summed E-state index contributed by atoms with van der Waals surface area (Å²) in [5, 5.41) is 0. The lowest BCUT2D eigenvalue weighted by atomic mass is 10.2. The summed E-state index contributed by atoms with van der Waals surface area (Å²) < 4.78 is 22.4. The lowest BCUT2D eigenvalue weighted by Gasteiger charge is -2.23. The van der Waals surface area contributed by atoms with E-state index in [2.05, 4.69) is 0 Å². The van der Waals surface area contributed by atoms with Crippen LogP contribution in [0.5, 0.6) is 0 Å². The van der Waals surface area contributed by atoms with Gasteiger partial charge >= 0.3 is 0 Å². The maximum Gasteiger partial charge on any atom is 0.222 e. The highest BCUT2D eigenvalue weighted by Gasteiger charge is 2.32. The van der Waals surface area contributed by atoms with E-state index < -0.39 is 9.84 Å². The molecule has 1 amide bonds. The molecule has 0 bridgehead atoms. The van der Waals surface area contributed by atoms with Crippen molar-refractivity contribution in [1.82, 2.24) is 4.90 Å². The van der Waals surface area contributed by atoms with E-state index >= 15 is 0 Å². The molecule has 1 aliphatic heterocycles. The van der Waals surface area contributed by atoms with E-state index in [1.165, 1.54) is 0 Å². The standard InChI is InChI=1S/C9H17NO3S/c1-3-4-9(11)10(2)8-5-6-14(12,13)7-8/h8H,3-7H2,1-2H3/t8-/m1/s1. The summed E-state index contributed by atoms with van der Waals surface area (Å²) in [5.74, 6) is 0.412. The second kappa shape index (κ2) is 4.29. The first-order chi connectivity index (χ1) is 6.46. The molecule has 0 aliphatic carbocycles. The van der Waals surface area contributed by atoms with Crippen LogP contribution >= 0.6 is 0 Å². The highest BCUT2D eigenvalue weighted by molar-refractivity contribution is 7.91. The normalized spacial score (nSPS) is 24.9. The number of carbonyl (C=O) groups excluding carboxylic acids is 1. The van der Waals surface area contributed by atoms with Gasteiger partial charge in [0.15, 0.2) is 9.84 Å². The van der Waals surface area contributed by atoms with Crippen LogP contribution in [0.15, 0.2) is 0 Å². The van der Waals surface area contributed by atoms with Gasteiger partial charge < -0.3 is 4.90 Å². The Kier molecular flexibility index (Phi) is 3.53. The number of sulfone groups is 1. The van der Waals surface area contributed by atoms with E-state index in [9.17, 15) is 13.2 Å². The van der Waals surface area contributed by atoms with Gasteiger partial charge in [-0.15, -0.1) is 0 Å². The second-order valence-corrected chi connectivity index (χ2v) is 6.04. The van der Waals surface area contributed by atoms with Gasteiger partial charge in [0.05, 0.1) is 11.5 Å². The predicted molar refractivity (Wildman–Crippen MR) is 54.7 cm³/mol. The second-order valence-electron chi connectivity index (χ2n) is 3.81. The van der Waals surface area contributed by atoms with E-state index in [0.29, 0.717) is 12.8 Å². The van der Waals surface area contributed by atoms with E-state index in [0.717, 1.165) is 6.42 Å². The first kappa shape index (κ1) is 11.5. The topological polar surface area (TPSA) is 54.5 Å². The maximum atomic E-state index is 11.5. The SMILES string of the molecule is CCCC(=O)N(C)[C@@H]1CCS(=O)(=O)C1. The van der Waals surface area contributed by atoms with E-state index in [4.69, 9.17) is 0 Å². The van der Waals surface area contributed by atoms with Gasteiger partial charge in [-0.3, -0.25) is 4.79 Å². The smallest absolute Gasteiger partial charge is 0.222 e. The minimum atomic E-state index is -2.88. The Balaban J connectivity index is 2.55. The van der Waals surface area contributed by atoms with Crippen molar-refractivity contribution in [1.29, 1.82) is 0 Å². The van der Waals surface area contributed by atoms with Crippen molar-refractivity contribution in [3.8, 4) is 0 Å². The number of rotatable bonds is 3. The molecular formula is C9H17NO3S. The summed E-state index contributed by atoms with van der Waals surface area (Å²) in [6.45, 7) is 1.94. The van der Waals surface area contributed by atoms with Crippen LogP contribution in [0.25, 0.3) is 0 Å². The molecule has 0 N–H and O–H groups in total. The quantitative estimate of drug-likeness (QED) is 0.691. The number of amides is 1. The Hall–Kier alpha value is -0.580. The van der Waals surface area contributed by atoms with Crippen LogP contribution in [0.2, 0.25) is 0 Å². The van der Waals surface area contributed by atoms with Crippen molar-refractivity contribution >= 4 is 15.7 Å². The zero-order valence-corrected chi connectivity index (χ0v) is 9.51. The average molecular weight is 219 g/mol. The van der Waals surface area contributed by atoms with E-state index in [-0.39, 0.29) is 23.5 Å². The third-order valence-electron chi connectivity index (χ3n) is 2.61. The third kappa shape index (κ3) is 2.70. The number of hydrogen-bond acceptors (Lipinski definition) is 3. The molecule has 1 saturated heterocycles. The van der Waals surface area contributed by atoms with Gasteiger partial charge in [0.2, 0.25) is 5.91 Å². The average Bonchev–Trinajstić information content (AvgIpc) is 2.45. The van der Waals surface area contributed by atoms with Crippen LogP contribution in [0, 0.1) is 0 Å². The molecule has 1 rings (SSSR count). The highest BCUT2D eigenvalue weighted by Crippen LogP contribution is 2.17. The lowest BCUT2D eigenvalue weighted by molar-refractivity contribution is -0.131. The monoisotopic (exact) mass is 219 g/mol. The molecule has 4 nitrogen and oxygen atoms in total. The fourth-order valence-corrected chi connectivity index (χ4v) is 3.45. The number of nitrogens with zero attached hydrogens (tertiary/aromatic N) is 1. The Morgan fingerprint density at radius 1 is 1.50 bits per heavy atom. The first-order valence-corrected chi connectivity index (χ1v) is 6.74. The molecule has 1 aliphatic rings. The summed E-state index contributed by atoms with van der Waals surface area (Å²) >= 11 is 0. The number of hydrogen-bond donors (Lipinski definition) is 0. The molecule has 0 aromatic rings. The molecule has 1 heterocycles.